The number of esters is 1. The van der Waals surface area contributed by atoms with E-state index in [2.05, 4.69) is 5.32 Å². The number of nitrogens with one attached hydrogen (secondary N) is 2. The molecule has 1 aromatic rings. The average molecular weight is 413 g/mol. The Morgan fingerprint density at radius 1 is 1.14 bits per heavy atom. The maximum absolute atomic E-state index is 12.1. The summed E-state index contributed by atoms with van der Waals surface area (Å²) in [6.45, 7) is 6.46. The van der Waals surface area contributed by atoms with Crippen molar-refractivity contribution in [3.8, 4) is 0 Å². The lowest BCUT2D eigenvalue weighted by atomic mass is 10.1. The predicted molar refractivity (Wildman–Crippen MR) is 102 cm³/mol. The number of sulfonamides is 1. The van der Waals surface area contributed by atoms with Crippen molar-refractivity contribution in [2.24, 2.45) is 5.73 Å². The Morgan fingerprint density at radius 3 is 2.25 bits per heavy atom. The fourth-order valence-corrected chi connectivity index (χ4v) is 3.12. The molecule has 28 heavy (non-hydrogen) atoms. The minimum atomic E-state index is -4.03. The number of ether oxygens (including phenoxy) is 1. The monoisotopic (exact) mass is 413 g/mol. The summed E-state index contributed by atoms with van der Waals surface area (Å²) in [5, 5.41) is 2.37. The second-order valence-electron chi connectivity index (χ2n) is 7.25. The van der Waals surface area contributed by atoms with Gasteiger partial charge in [0.2, 0.25) is 5.91 Å². The molecule has 4 N–H and O–H groups in total. The summed E-state index contributed by atoms with van der Waals surface area (Å²) in [4.78, 5) is 35.7. The number of nitrogens with two attached hydrogens (primary N) is 1. The van der Waals surface area contributed by atoms with Gasteiger partial charge in [-0.1, -0.05) is 18.2 Å². The van der Waals surface area contributed by atoms with Gasteiger partial charge in [-0.3, -0.25) is 14.4 Å². The number of carbonyl (C=O) groups excluding carboxylic acids is 3. The third-order valence-electron chi connectivity index (χ3n) is 3.45. The quantitative estimate of drug-likeness (QED) is 0.525. The number of benzene rings is 1. The van der Waals surface area contributed by atoms with Crippen molar-refractivity contribution >= 4 is 27.8 Å². The van der Waals surface area contributed by atoms with E-state index in [1.807, 2.05) is 4.72 Å². The second-order valence-corrected chi connectivity index (χ2v) is 8.93. The zero-order valence-corrected chi connectivity index (χ0v) is 17.2. The summed E-state index contributed by atoms with van der Waals surface area (Å²) in [5.74, 6) is -2.05. The topological polar surface area (TPSA) is 145 Å². The lowest BCUT2D eigenvalue weighted by Crippen LogP contribution is -2.47. The molecule has 0 spiro atoms. The lowest BCUT2D eigenvalue weighted by molar-refractivity contribution is -0.156. The van der Waals surface area contributed by atoms with Gasteiger partial charge in [-0.2, -0.15) is 0 Å². The molecule has 0 saturated heterocycles. The molecule has 0 unspecified atom stereocenters. The molecule has 9 nitrogen and oxygen atoms in total. The van der Waals surface area contributed by atoms with Crippen LogP contribution in [0.4, 0.5) is 0 Å². The second kappa shape index (κ2) is 9.65. The van der Waals surface area contributed by atoms with Gasteiger partial charge in [0.05, 0.1) is 4.90 Å². The number of hydrogen-bond acceptors (Lipinski definition) is 7. The first kappa shape index (κ1) is 23.6. The molecule has 0 aliphatic heterocycles. The average Bonchev–Trinajstić information content (AvgIpc) is 2.58. The van der Waals surface area contributed by atoms with Crippen molar-refractivity contribution in [2.45, 2.75) is 63.1 Å². The summed E-state index contributed by atoms with van der Waals surface area (Å²) in [6, 6.07) is 5.31. The standard InChI is InChI=1S/C18H27N3O6S/c1-12(16(23)21-28(25,26)13-8-6-5-7-9-13)20-15(22)11-10-14(19)17(24)27-18(2,3)4/h5-9,12,14H,10-11,19H2,1-4H3,(H,20,22)(H,21,23)/t12-,14+/m1/s1. The first-order chi connectivity index (χ1) is 12.8. The number of amides is 2. The van der Waals surface area contributed by atoms with Crippen LogP contribution in [-0.2, 0) is 29.1 Å². The molecule has 1 rings (SSSR count). The molecule has 10 heteroatoms. The summed E-state index contributed by atoms with van der Waals surface area (Å²) >= 11 is 0. The van der Waals surface area contributed by atoms with Gasteiger partial charge in [0, 0.05) is 6.42 Å². The Labute approximate surface area is 165 Å². The summed E-state index contributed by atoms with van der Waals surface area (Å²) in [5.41, 5.74) is 5.01. The largest absolute Gasteiger partial charge is 0.459 e. The van der Waals surface area contributed by atoms with Crippen LogP contribution < -0.4 is 15.8 Å². The van der Waals surface area contributed by atoms with Gasteiger partial charge in [0.1, 0.15) is 17.7 Å². The van der Waals surface area contributed by atoms with E-state index >= 15 is 0 Å². The summed E-state index contributed by atoms with van der Waals surface area (Å²) in [7, 11) is -4.03. The zero-order valence-electron chi connectivity index (χ0n) is 16.4. The van der Waals surface area contributed by atoms with Gasteiger partial charge in [-0.25, -0.2) is 13.1 Å². The smallest absolute Gasteiger partial charge is 0.323 e. The molecule has 2 atom stereocenters. The molecule has 1 aromatic carbocycles. The van der Waals surface area contributed by atoms with E-state index in [0.717, 1.165) is 0 Å². The van der Waals surface area contributed by atoms with E-state index in [1.165, 1.54) is 31.2 Å². The molecular formula is C18H27N3O6S. The maximum Gasteiger partial charge on any atom is 0.323 e. The van der Waals surface area contributed by atoms with Crippen molar-refractivity contribution in [1.29, 1.82) is 0 Å². The molecule has 0 fully saturated rings. The van der Waals surface area contributed by atoms with Crippen LogP contribution in [0.1, 0.15) is 40.5 Å². The molecule has 0 aromatic heterocycles. The number of carbonyl (C=O) groups is 3. The van der Waals surface area contributed by atoms with Crippen molar-refractivity contribution in [1.82, 2.24) is 10.0 Å². The van der Waals surface area contributed by atoms with Gasteiger partial charge in [-0.15, -0.1) is 0 Å². The molecule has 0 bridgehead atoms. The molecule has 156 valence electrons. The van der Waals surface area contributed by atoms with Crippen molar-refractivity contribution in [2.75, 3.05) is 0 Å². The van der Waals surface area contributed by atoms with Crippen molar-refractivity contribution < 1.29 is 27.5 Å². The van der Waals surface area contributed by atoms with E-state index in [4.69, 9.17) is 10.5 Å². The van der Waals surface area contributed by atoms with Crippen LogP contribution in [0.5, 0.6) is 0 Å². The SMILES string of the molecule is C[C@@H](NC(=O)CC[C@H](N)C(=O)OC(C)(C)C)C(=O)NS(=O)(=O)c1ccccc1. The van der Waals surface area contributed by atoms with Gasteiger partial charge < -0.3 is 15.8 Å². The third-order valence-corrected chi connectivity index (χ3v) is 4.81. The first-order valence-corrected chi connectivity index (χ1v) is 10.2. The van der Waals surface area contributed by atoms with E-state index < -0.39 is 45.5 Å². The minimum Gasteiger partial charge on any atom is -0.459 e. The Balaban J connectivity index is 2.51. The van der Waals surface area contributed by atoms with Crippen LogP contribution in [0.3, 0.4) is 0 Å². The molecular weight excluding hydrogens is 386 g/mol. The van der Waals surface area contributed by atoms with Crippen LogP contribution in [0, 0.1) is 0 Å². The Hall–Kier alpha value is -2.46. The highest BCUT2D eigenvalue weighted by Crippen LogP contribution is 2.10. The predicted octanol–water partition coefficient (Wildman–Crippen LogP) is 0.445. The molecule has 0 heterocycles. The maximum atomic E-state index is 12.1. The normalized spacial score (nSPS) is 13.9. The van der Waals surface area contributed by atoms with Crippen LogP contribution in [0.2, 0.25) is 0 Å². The molecule has 2 amide bonds. The number of hydrogen-bond donors (Lipinski definition) is 3. The molecule has 0 aliphatic rings. The van der Waals surface area contributed by atoms with E-state index in [-0.39, 0.29) is 17.7 Å². The number of rotatable bonds is 8. The Kier molecular flexibility index (Phi) is 8.13. The molecule has 0 radical (unpaired) electrons. The van der Waals surface area contributed by atoms with Gasteiger partial charge in [-0.05, 0) is 46.2 Å². The fraction of sp³-hybridized carbons (Fsp3) is 0.500. The summed E-state index contributed by atoms with van der Waals surface area (Å²) in [6.07, 6.45) is -0.0964. The fourth-order valence-electron chi connectivity index (χ4n) is 2.04. The van der Waals surface area contributed by atoms with Crippen LogP contribution in [0.25, 0.3) is 0 Å². The van der Waals surface area contributed by atoms with E-state index in [0.29, 0.717) is 0 Å². The highest BCUT2D eigenvalue weighted by Gasteiger charge is 2.25. The van der Waals surface area contributed by atoms with Gasteiger partial charge in [0.15, 0.2) is 0 Å². The van der Waals surface area contributed by atoms with Gasteiger partial charge >= 0.3 is 5.97 Å². The first-order valence-electron chi connectivity index (χ1n) is 8.71. The highest BCUT2D eigenvalue weighted by molar-refractivity contribution is 7.90. The third kappa shape index (κ3) is 8.05. The summed E-state index contributed by atoms with van der Waals surface area (Å²) < 4.78 is 31.3. The van der Waals surface area contributed by atoms with Crippen molar-refractivity contribution in [3.05, 3.63) is 30.3 Å². The minimum absolute atomic E-state index is 0.0252. The lowest BCUT2D eigenvalue weighted by Gasteiger charge is -2.22. The van der Waals surface area contributed by atoms with E-state index in [1.54, 1.807) is 26.8 Å². The molecule has 0 saturated carbocycles. The Morgan fingerprint density at radius 2 is 1.71 bits per heavy atom. The highest BCUT2D eigenvalue weighted by atomic mass is 32.2. The molecule has 0 aliphatic carbocycles. The van der Waals surface area contributed by atoms with E-state index in [9.17, 15) is 22.8 Å². The van der Waals surface area contributed by atoms with Crippen LogP contribution in [-0.4, -0.2) is 43.9 Å². The van der Waals surface area contributed by atoms with Crippen LogP contribution >= 0.6 is 0 Å². The van der Waals surface area contributed by atoms with Gasteiger partial charge in [0.25, 0.3) is 15.9 Å². The zero-order chi connectivity index (χ0) is 21.5. The van der Waals surface area contributed by atoms with Crippen LogP contribution in [0.15, 0.2) is 35.2 Å². The van der Waals surface area contributed by atoms with Crippen molar-refractivity contribution in [3.63, 3.8) is 0 Å². The Bertz CT molecular complexity index is 802.